The lowest BCUT2D eigenvalue weighted by atomic mass is 10.1. The molecule has 1 amide bonds. The summed E-state index contributed by atoms with van der Waals surface area (Å²) in [7, 11) is 1.76. The van der Waals surface area contributed by atoms with Gasteiger partial charge in [0.05, 0.1) is 22.6 Å². The summed E-state index contributed by atoms with van der Waals surface area (Å²) < 4.78 is 0. The number of hydrogen-bond donors (Lipinski definition) is 0. The number of Topliss-reactive ketones (excluding diaryl/α,β-unsaturated/α-hetero) is 1. The van der Waals surface area contributed by atoms with Crippen LogP contribution >= 0.6 is 23.1 Å². The highest BCUT2D eigenvalue weighted by atomic mass is 32.2. The molecule has 2 aromatic carbocycles. The highest BCUT2D eigenvalue weighted by molar-refractivity contribution is 8.00. The molecule has 0 unspecified atom stereocenters. The van der Waals surface area contributed by atoms with Crippen molar-refractivity contribution in [3.8, 4) is 10.7 Å². The number of carbonyl (C=O) groups excluding carboxylic acids is 2. The Bertz CT molecular complexity index is 1290. The van der Waals surface area contributed by atoms with E-state index in [1.165, 1.54) is 11.8 Å². The molecule has 1 aliphatic heterocycles. The van der Waals surface area contributed by atoms with Crippen molar-refractivity contribution in [1.29, 1.82) is 0 Å². The van der Waals surface area contributed by atoms with E-state index in [0.717, 1.165) is 32.1 Å². The van der Waals surface area contributed by atoms with Crippen LogP contribution in [0.25, 0.3) is 21.6 Å². The van der Waals surface area contributed by atoms with Gasteiger partial charge in [0.2, 0.25) is 5.91 Å². The molecule has 0 saturated heterocycles. The van der Waals surface area contributed by atoms with Crippen LogP contribution in [0.4, 0.5) is 5.69 Å². The van der Waals surface area contributed by atoms with Gasteiger partial charge in [0, 0.05) is 23.7 Å². The zero-order valence-electron chi connectivity index (χ0n) is 16.2. The molecule has 0 atom stereocenters. The number of aromatic nitrogens is 2. The Labute approximate surface area is 181 Å². The maximum atomic E-state index is 12.9. The third-order valence-electron chi connectivity index (χ3n) is 5.13. The third-order valence-corrected chi connectivity index (χ3v) is 6.99. The lowest BCUT2D eigenvalue weighted by molar-refractivity contribution is -0.117. The first-order valence-corrected chi connectivity index (χ1v) is 11.3. The molecule has 0 fully saturated rings. The average molecular weight is 432 g/mol. The molecule has 2 aromatic heterocycles. The number of nitrogens with zero attached hydrogens (tertiary/aromatic N) is 3. The molecule has 0 bridgehead atoms. The zero-order chi connectivity index (χ0) is 20.7. The van der Waals surface area contributed by atoms with Crippen molar-refractivity contribution in [2.45, 2.75) is 11.4 Å². The number of rotatable bonds is 5. The molecule has 3 heterocycles. The number of para-hydroxylation sites is 1. The Balaban J connectivity index is 1.42. The summed E-state index contributed by atoms with van der Waals surface area (Å²) >= 11 is 3.02. The molecular weight excluding hydrogens is 414 g/mol. The number of amides is 1. The molecule has 0 aliphatic carbocycles. The van der Waals surface area contributed by atoms with Crippen LogP contribution in [0.2, 0.25) is 0 Å². The van der Waals surface area contributed by atoms with Crippen LogP contribution in [0, 0.1) is 0 Å². The SMILES string of the molecule is CN1C(=O)Cc2cc(C(=O)CSc3nc(-c4cccs4)nc4ccccc34)ccc21. The van der Waals surface area contributed by atoms with Gasteiger partial charge < -0.3 is 4.90 Å². The van der Waals surface area contributed by atoms with E-state index in [2.05, 4.69) is 4.98 Å². The lowest BCUT2D eigenvalue weighted by Crippen LogP contribution is -2.20. The Morgan fingerprint density at radius 3 is 2.83 bits per heavy atom. The normalized spacial score (nSPS) is 13.1. The van der Waals surface area contributed by atoms with Crippen molar-refractivity contribution in [3.05, 3.63) is 71.1 Å². The van der Waals surface area contributed by atoms with Gasteiger partial charge in [-0.05, 0) is 41.3 Å². The number of fused-ring (bicyclic) bond motifs is 2. The molecule has 0 saturated carbocycles. The summed E-state index contributed by atoms with van der Waals surface area (Å²) in [6.07, 6.45) is 0.348. The maximum Gasteiger partial charge on any atom is 0.231 e. The van der Waals surface area contributed by atoms with Crippen LogP contribution in [-0.4, -0.2) is 34.5 Å². The van der Waals surface area contributed by atoms with Gasteiger partial charge in [-0.3, -0.25) is 9.59 Å². The minimum atomic E-state index is 0.0187. The van der Waals surface area contributed by atoms with Gasteiger partial charge in [-0.25, -0.2) is 9.97 Å². The first kappa shape index (κ1) is 19.0. The number of carbonyl (C=O) groups is 2. The van der Waals surface area contributed by atoms with Crippen molar-refractivity contribution in [3.63, 3.8) is 0 Å². The number of thiophene rings is 1. The molecule has 30 heavy (non-hydrogen) atoms. The van der Waals surface area contributed by atoms with Gasteiger partial charge in [0.25, 0.3) is 0 Å². The standard InChI is InChI=1S/C23H17N3O2S2/c1-26-18-9-8-14(11-15(18)12-21(26)28)19(27)13-30-23-16-5-2-3-6-17(16)24-22(25-23)20-7-4-10-29-20/h2-11H,12-13H2,1H3. The maximum absolute atomic E-state index is 12.9. The van der Waals surface area contributed by atoms with E-state index >= 15 is 0 Å². The average Bonchev–Trinajstić information content (AvgIpc) is 3.40. The van der Waals surface area contributed by atoms with Crippen molar-refractivity contribution in [2.75, 3.05) is 17.7 Å². The topological polar surface area (TPSA) is 63.2 Å². The smallest absolute Gasteiger partial charge is 0.231 e. The van der Waals surface area contributed by atoms with Crippen molar-refractivity contribution in [1.82, 2.24) is 9.97 Å². The molecule has 4 aromatic rings. The van der Waals surface area contributed by atoms with E-state index in [0.29, 0.717) is 17.8 Å². The number of benzene rings is 2. The van der Waals surface area contributed by atoms with Crippen molar-refractivity contribution >= 4 is 51.4 Å². The minimum absolute atomic E-state index is 0.0187. The highest BCUT2D eigenvalue weighted by Gasteiger charge is 2.24. The van der Waals surface area contributed by atoms with Crippen molar-refractivity contribution < 1.29 is 9.59 Å². The van der Waals surface area contributed by atoms with Gasteiger partial charge in [-0.15, -0.1) is 11.3 Å². The van der Waals surface area contributed by atoms with Crippen LogP contribution in [0.1, 0.15) is 15.9 Å². The second-order valence-electron chi connectivity index (χ2n) is 7.03. The second kappa shape index (κ2) is 7.66. The number of likely N-dealkylation sites (N-methyl/N-ethyl adjacent to an activating group) is 1. The summed E-state index contributed by atoms with van der Waals surface area (Å²) in [5.41, 5.74) is 3.28. The molecule has 148 valence electrons. The largest absolute Gasteiger partial charge is 0.315 e. The van der Waals surface area contributed by atoms with Gasteiger partial charge >= 0.3 is 0 Å². The fourth-order valence-corrected chi connectivity index (χ4v) is 5.11. The van der Waals surface area contributed by atoms with Crippen LogP contribution in [0.15, 0.2) is 65.0 Å². The summed E-state index contributed by atoms with van der Waals surface area (Å²) in [5.74, 6) is 1.02. The molecule has 1 aliphatic rings. The summed E-state index contributed by atoms with van der Waals surface area (Å²) in [4.78, 5) is 36.8. The number of anilines is 1. The molecule has 7 heteroatoms. The Hall–Kier alpha value is -3.03. The van der Waals surface area contributed by atoms with E-state index in [1.807, 2.05) is 53.9 Å². The molecule has 5 nitrogen and oxygen atoms in total. The highest BCUT2D eigenvalue weighted by Crippen LogP contribution is 2.32. The Kier molecular flexibility index (Phi) is 4.84. The molecule has 0 spiro atoms. The summed E-state index contributed by atoms with van der Waals surface area (Å²) in [6.45, 7) is 0. The van der Waals surface area contributed by atoms with E-state index < -0.39 is 0 Å². The first-order chi connectivity index (χ1) is 14.6. The number of hydrogen-bond acceptors (Lipinski definition) is 6. The Morgan fingerprint density at radius 2 is 2.00 bits per heavy atom. The van der Waals surface area contributed by atoms with Crippen LogP contribution < -0.4 is 4.90 Å². The van der Waals surface area contributed by atoms with E-state index in [9.17, 15) is 9.59 Å². The van der Waals surface area contributed by atoms with E-state index in [4.69, 9.17) is 4.98 Å². The van der Waals surface area contributed by atoms with Gasteiger partial charge in [-0.2, -0.15) is 0 Å². The minimum Gasteiger partial charge on any atom is -0.315 e. The lowest BCUT2D eigenvalue weighted by Gasteiger charge is -2.10. The predicted octanol–water partition coefficient (Wildman–Crippen LogP) is 4.85. The molecule has 0 radical (unpaired) electrons. The summed E-state index contributed by atoms with van der Waals surface area (Å²) in [5, 5.41) is 3.74. The molecule has 5 rings (SSSR count). The quantitative estimate of drug-likeness (QED) is 0.257. The van der Waals surface area contributed by atoms with Crippen molar-refractivity contribution in [2.24, 2.45) is 0 Å². The van der Waals surface area contributed by atoms with Gasteiger partial charge in [-0.1, -0.05) is 36.0 Å². The second-order valence-corrected chi connectivity index (χ2v) is 8.94. The molecular formula is C23H17N3O2S2. The van der Waals surface area contributed by atoms with Gasteiger partial charge in [0.1, 0.15) is 5.03 Å². The van der Waals surface area contributed by atoms with Crippen LogP contribution in [0.3, 0.4) is 0 Å². The predicted molar refractivity (Wildman–Crippen MR) is 121 cm³/mol. The fraction of sp³-hybridized carbons (Fsp3) is 0.130. The third kappa shape index (κ3) is 3.40. The fourth-order valence-electron chi connectivity index (χ4n) is 3.53. The van der Waals surface area contributed by atoms with Crippen LogP contribution in [0.5, 0.6) is 0 Å². The summed E-state index contributed by atoms with van der Waals surface area (Å²) in [6, 6.07) is 17.3. The molecule has 0 N–H and O–H groups in total. The Morgan fingerprint density at radius 1 is 1.13 bits per heavy atom. The van der Waals surface area contributed by atoms with Crippen LogP contribution in [-0.2, 0) is 11.2 Å². The first-order valence-electron chi connectivity index (χ1n) is 9.46. The number of ketones is 1. The monoisotopic (exact) mass is 431 g/mol. The van der Waals surface area contributed by atoms with Gasteiger partial charge in [0.15, 0.2) is 11.6 Å². The number of thioether (sulfide) groups is 1. The van der Waals surface area contributed by atoms with E-state index in [1.54, 1.807) is 29.4 Å². The van der Waals surface area contributed by atoms with E-state index in [-0.39, 0.29) is 17.4 Å². The zero-order valence-corrected chi connectivity index (χ0v) is 17.8.